The number of carboxylic acids is 1. The Balaban J connectivity index is 1.47. The summed E-state index contributed by atoms with van der Waals surface area (Å²) in [6.07, 6.45) is 5.21. The van der Waals surface area contributed by atoms with Crippen molar-refractivity contribution in [2.24, 2.45) is 13.0 Å². The zero-order chi connectivity index (χ0) is 18.7. The highest BCUT2D eigenvalue weighted by molar-refractivity contribution is 5.84. The van der Waals surface area contributed by atoms with Crippen molar-refractivity contribution in [3.05, 3.63) is 35.8 Å². The first-order chi connectivity index (χ1) is 12.4. The van der Waals surface area contributed by atoms with Crippen LogP contribution in [0.2, 0.25) is 0 Å². The monoisotopic (exact) mass is 361 g/mol. The molecule has 0 saturated heterocycles. The molecule has 140 valence electrons. The number of aromatic nitrogens is 1. The Morgan fingerprint density at radius 3 is 2.69 bits per heavy atom. The molecule has 0 radical (unpaired) electrons. The van der Waals surface area contributed by atoms with Crippen molar-refractivity contribution in [2.45, 2.75) is 38.1 Å². The third kappa shape index (κ3) is 4.15. The third-order valence-corrected chi connectivity index (χ3v) is 5.13. The van der Waals surface area contributed by atoms with E-state index in [4.69, 9.17) is 5.11 Å². The molecule has 0 spiro atoms. The molecule has 1 heterocycles. The maximum atomic E-state index is 13.4. The number of aliphatic carboxylic acids is 1. The quantitative estimate of drug-likeness (QED) is 0.766. The second-order valence-electron chi connectivity index (χ2n) is 6.96. The van der Waals surface area contributed by atoms with Crippen molar-refractivity contribution in [2.75, 3.05) is 6.54 Å². The van der Waals surface area contributed by atoms with Crippen LogP contribution in [0.4, 0.5) is 9.18 Å². The van der Waals surface area contributed by atoms with Gasteiger partial charge in [0.05, 0.1) is 11.4 Å². The number of aryl methyl sites for hydroxylation is 1. The molecular weight excluding hydrogens is 337 g/mol. The molecule has 0 aliphatic heterocycles. The first-order valence-corrected chi connectivity index (χ1v) is 8.94. The second-order valence-corrected chi connectivity index (χ2v) is 6.96. The van der Waals surface area contributed by atoms with E-state index in [-0.39, 0.29) is 23.8 Å². The molecule has 7 heteroatoms. The van der Waals surface area contributed by atoms with Crippen LogP contribution in [0.15, 0.2) is 24.4 Å². The summed E-state index contributed by atoms with van der Waals surface area (Å²) in [6.45, 7) is 0.479. The number of rotatable bonds is 5. The summed E-state index contributed by atoms with van der Waals surface area (Å²) in [5.41, 5.74) is 1.89. The molecule has 0 unspecified atom stereocenters. The highest BCUT2D eigenvalue weighted by Crippen LogP contribution is 2.24. The molecule has 3 rings (SSSR count). The first kappa shape index (κ1) is 18.2. The van der Waals surface area contributed by atoms with Crippen LogP contribution in [0.25, 0.3) is 10.9 Å². The number of hydrogen-bond donors (Lipinski definition) is 3. The summed E-state index contributed by atoms with van der Waals surface area (Å²) in [6, 6.07) is 4.52. The number of fused-ring (bicyclic) bond motifs is 1. The minimum atomic E-state index is -0.747. The average molecular weight is 361 g/mol. The minimum Gasteiger partial charge on any atom is -0.481 e. The second kappa shape index (κ2) is 7.76. The van der Waals surface area contributed by atoms with Gasteiger partial charge < -0.3 is 20.3 Å². The Morgan fingerprint density at radius 2 is 2.00 bits per heavy atom. The van der Waals surface area contributed by atoms with Crippen LogP contribution in [-0.2, 0) is 18.3 Å². The van der Waals surface area contributed by atoms with Crippen LogP contribution in [0.5, 0.6) is 0 Å². The molecule has 1 saturated carbocycles. The molecule has 0 bridgehead atoms. The summed E-state index contributed by atoms with van der Waals surface area (Å²) in [4.78, 5) is 23.0. The number of nitrogens with zero attached hydrogens (tertiary/aromatic N) is 1. The maximum Gasteiger partial charge on any atom is 0.315 e. The summed E-state index contributed by atoms with van der Waals surface area (Å²) >= 11 is 0. The fraction of sp³-hybridized carbons (Fsp3) is 0.474. The standard InChI is InChI=1S/C19H24FN3O3/c1-23-11-13(16-7-4-14(20)10-17(16)23)8-9-21-19(26)22-15-5-2-12(3-6-15)18(24)25/h4,7,10-12,15H,2-3,5-6,8-9H2,1H3,(H,24,25)(H2,21,22,26). The lowest BCUT2D eigenvalue weighted by atomic mass is 9.86. The molecule has 1 aliphatic carbocycles. The molecule has 1 fully saturated rings. The Labute approximate surface area is 151 Å². The van der Waals surface area contributed by atoms with Crippen molar-refractivity contribution < 1.29 is 19.1 Å². The van der Waals surface area contributed by atoms with Gasteiger partial charge in [-0.3, -0.25) is 4.79 Å². The normalized spacial score (nSPS) is 20.1. The Morgan fingerprint density at radius 1 is 1.27 bits per heavy atom. The first-order valence-electron chi connectivity index (χ1n) is 8.94. The third-order valence-electron chi connectivity index (χ3n) is 5.13. The average Bonchev–Trinajstić information content (AvgIpc) is 2.91. The lowest BCUT2D eigenvalue weighted by Gasteiger charge is -2.26. The number of carboxylic acid groups (broad SMARTS) is 1. The highest BCUT2D eigenvalue weighted by atomic mass is 19.1. The topological polar surface area (TPSA) is 83.4 Å². The summed E-state index contributed by atoms with van der Waals surface area (Å²) < 4.78 is 15.2. The number of amides is 2. The smallest absolute Gasteiger partial charge is 0.315 e. The zero-order valence-corrected chi connectivity index (χ0v) is 14.8. The van der Waals surface area contributed by atoms with Gasteiger partial charge in [0.15, 0.2) is 0 Å². The Hall–Kier alpha value is -2.57. The molecule has 26 heavy (non-hydrogen) atoms. The summed E-state index contributed by atoms with van der Waals surface area (Å²) in [5, 5.41) is 15.8. The van der Waals surface area contributed by atoms with Crippen LogP contribution < -0.4 is 10.6 Å². The van der Waals surface area contributed by atoms with E-state index < -0.39 is 5.97 Å². The van der Waals surface area contributed by atoms with E-state index in [1.807, 2.05) is 17.8 Å². The predicted molar refractivity (Wildman–Crippen MR) is 96.5 cm³/mol. The lowest BCUT2D eigenvalue weighted by Crippen LogP contribution is -2.44. The lowest BCUT2D eigenvalue weighted by molar-refractivity contribution is -0.142. The van der Waals surface area contributed by atoms with E-state index in [1.54, 1.807) is 6.07 Å². The van der Waals surface area contributed by atoms with Gasteiger partial charge in [-0.2, -0.15) is 0 Å². The largest absolute Gasteiger partial charge is 0.481 e. The SMILES string of the molecule is Cn1cc(CCNC(=O)NC2CCC(C(=O)O)CC2)c2ccc(F)cc21. The van der Waals surface area contributed by atoms with Gasteiger partial charge in [0.25, 0.3) is 0 Å². The van der Waals surface area contributed by atoms with Crippen LogP contribution in [0.3, 0.4) is 0 Å². The number of benzene rings is 1. The molecule has 6 nitrogen and oxygen atoms in total. The Kier molecular flexibility index (Phi) is 5.44. The maximum absolute atomic E-state index is 13.4. The van der Waals surface area contributed by atoms with Crippen LogP contribution >= 0.6 is 0 Å². The fourth-order valence-electron chi connectivity index (χ4n) is 3.67. The van der Waals surface area contributed by atoms with E-state index in [9.17, 15) is 14.0 Å². The highest BCUT2D eigenvalue weighted by Gasteiger charge is 2.26. The fourth-order valence-corrected chi connectivity index (χ4v) is 3.67. The van der Waals surface area contributed by atoms with Crippen LogP contribution in [0, 0.1) is 11.7 Å². The van der Waals surface area contributed by atoms with Crippen molar-refractivity contribution in [3.63, 3.8) is 0 Å². The van der Waals surface area contributed by atoms with Gasteiger partial charge in [-0.15, -0.1) is 0 Å². The predicted octanol–water partition coefficient (Wildman–Crippen LogP) is 2.80. The molecule has 1 aromatic heterocycles. The van der Waals surface area contributed by atoms with E-state index in [1.165, 1.54) is 12.1 Å². The summed E-state index contributed by atoms with van der Waals surface area (Å²) in [7, 11) is 1.87. The van der Waals surface area contributed by atoms with E-state index in [0.717, 1.165) is 16.5 Å². The number of hydrogen-bond acceptors (Lipinski definition) is 2. The van der Waals surface area contributed by atoms with Gasteiger partial charge >= 0.3 is 12.0 Å². The zero-order valence-electron chi connectivity index (χ0n) is 14.8. The van der Waals surface area contributed by atoms with Crippen molar-refractivity contribution >= 4 is 22.9 Å². The van der Waals surface area contributed by atoms with Gasteiger partial charge in [-0.1, -0.05) is 0 Å². The van der Waals surface area contributed by atoms with Gasteiger partial charge in [0.1, 0.15) is 5.82 Å². The molecule has 2 aromatic rings. The number of nitrogens with one attached hydrogen (secondary N) is 2. The minimum absolute atomic E-state index is 0.0335. The summed E-state index contributed by atoms with van der Waals surface area (Å²) in [5.74, 6) is -1.30. The molecular formula is C19H24FN3O3. The van der Waals surface area contributed by atoms with Gasteiger partial charge in [0, 0.05) is 31.2 Å². The van der Waals surface area contributed by atoms with Crippen molar-refractivity contribution in [1.29, 1.82) is 0 Å². The van der Waals surface area contributed by atoms with Gasteiger partial charge in [-0.05, 0) is 55.9 Å². The van der Waals surface area contributed by atoms with Crippen LogP contribution in [0.1, 0.15) is 31.2 Å². The van der Waals surface area contributed by atoms with Crippen molar-refractivity contribution in [1.82, 2.24) is 15.2 Å². The molecule has 2 amide bonds. The van der Waals surface area contributed by atoms with E-state index >= 15 is 0 Å². The number of carbonyl (C=O) groups excluding carboxylic acids is 1. The molecule has 3 N–H and O–H groups in total. The number of halogens is 1. The number of urea groups is 1. The molecule has 1 aromatic carbocycles. The van der Waals surface area contributed by atoms with Crippen molar-refractivity contribution in [3.8, 4) is 0 Å². The number of carbonyl (C=O) groups is 2. The van der Waals surface area contributed by atoms with E-state index in [2.05, 4.69) is 10.6 Å². The molecule has 0 atom stereocenters. The van der Waals surface area contributed by atoms with Gasteiger partial charge in [-0.25, -0.2) is 9.18 Å². The van der Waals surface area contributed by atoms with Crippen LogP contribution in [-0.4, -0.2) is 34.3 Å². The van der Waals surface area contributed by atoms with E-state index in [0.29, 0.717) is 38.6 Å². The molecule has 1 aliphatic rings. The van der Waals surface area contributed by atoms with Gasteiger partial charge in [0.2, 0.25) is 0 Å². The Bertz CT molecular complexity index is 810.